The van der Waals surface area contributed by atoms with Crippen molar-refractivity contribution in [2.24, 2.45) is 0 Å². The average molecular weight is 413 g/mol. The number of nitrogens with one attached hydrogen (secondary N) is 2. The summed E-state index contributed by atoms with van der Waals surface area (Å²) in [5, 5.41) is 4.68. The molecule has 4 rings (SSSR count). The van der Waals surface area contributed by atoms with Crippen molar-refractivity contribution in [3.8, 4) is 0 Å². The van der Waals surface area contributed by atoms with E-state index in [1.807, 2.05) is 0 Å². The Morgan fingerprint density at radius 2 is 2.17 bits per heavy atom. The molecule has 1 amide bonds. The molecule has 0 radical (unpaired) electrons. The molecule has 0 spiro atoms. The molecule has 1 aromatic heterocycles. The Hall–Kier alpha value is -1.59. The van der Waals surface area contributed by atoms with Gasteiger partial charge in [-0.1, -0.05) is 57.6 Å². The topological polar surface area (TPSA) is 54.1 Å². The third-order valence-electron chi connectivity index (χ3n) is 7.18. The van der Waals surface area contributed by atoms with Crippen LogP contribution in [-0.2, 0) is 28.0 Å². The number of aryl methyl sites for hydroxylation is 1. The second-order valence-corrected chi connectivity index (χ2v) is 15.1. The van der Waals surface area contributed by atoms with Gasteiger partial charge in [-0.2, -0.15) is 0 Å². The number of carbonyl (C=O) groups is 1. The summed E-state index contributed by atoms with van der Waals surface area (Å²) in [5.74, 6) is 0.144. The Balaban J connectivity index is 1.61. The molecule has 1 fully saturated rings. The van der Waals surface area contributed by atoms with Gasteiger partial charge in [-0.05, 0) is 42.9 Å². The highest BCUT2D eigenvalue weighted by molar-refractivity contribution is 6.77. The summed E-state index contributed by atoms with van der Waals surface area (Å²) in [7, 11) is -1.14. The van der Waals surface area contributed by atoms with E-state index in [0.717, 1.165) is 31.4 Å². The van der Waals surface area contributed by atoms with Crippen molar-refractivity contribution < 1.29 is 9.53 Å². The fourth-order valence-electron chi connectivity index (χ4n) is 5.60. The van der Waals surface area contributed by atoms with Crippen LogP contribution >= 0.6 is 0 Å². The van der Waals surface area contributed by atoms with Gasteiger partial charge in [0.25, 0.3) is 0 Å². The molecule has 1 saturated heterocycles. The van der Waals surface area contributed by atoms with Crippen LogP contribution < -0.4 is 5.32 Å². The summed E-state index contributed by atoms with van der Waals surface area (Å²) >= 11 is 0. The zero-order valence-electron chi connectivity index (χ0n) is 18.5. The van der Waals surface area contributed by atoms with Crippen LogP contribution in [0, 0.1) is 0 Å². The molecule has 1 aromatic carbocycles. The third-order valence-corrected chi connectivity index (χ3v) is 10.5. The molecule has 2 aromatic rings. The Morgan fingerprint density at radius 1 is 1.34 bits per heavy atom. The molecule has 2 N–H and O–H groups in total. The van der Waals surface area contributed by atoms with Gasteiger partial charge in [0.15, 0.2) is 0 Å². The smallest absolute Gasteiger partial charge is 0.223 e. The van der Waals surface area contributed by atoms with Crippen molar-refractivity contribution in [2.75, 3.05) is 6.61 Å². The maximum Gasteiger partial charge on any atom is 0.223 e. The molecule has 2 atom stereocenters. The highest BCUT2D eigenvalue weighted by atomic mass is 28.3. The molecule has 29 heavy (non-hydrogen) atoms. The third kappa shape index (κ3) is 3.91. The molecule has 2 aliphatic heterocycles. The van der Waals surface area contributed by atoms with Crippen molar-refractivity contribution in [3.05, 3.63) is 35.0 Å². The zero-order valence-corrected chi connectivity index (χ0v) is 19.5. The Bertz CT molecular complexity index is 904. The van der Waals surface area contributed by atoms with E-state index in [0.29, 0.717) is 19.1 Å². The van der Waals surface area contributed by atoms with Crippen molar-refractivity contribution >= 4 is 24.9 Å². The van der Waals surface area contributed by atoms with E-state index in [2.05, 4.69) is 55.4 Å². The maximum absolute atomic E-state index is 13.1. The van der Waals surface area contributed by atoms with Gasteiger partial charge in [0.05, 0.1) is 18.7 Å². The number of rotatable bonds is 5. The lowest BCUT2D eigenvalue weighted by molar-refractivity contribution is -0.133. The minimum atomic E-state index is -1.14. The van der Waals surface area contributed by atoms with E-state index in [4.69, 9.17) is 4.74 Å². The summed E-state index contributed by atoms with van der Waals surface area (Å²) in [6.07, 6.45) is 5.49. The first kappa shape index (κ1) is 20.7. The molecular weight excluding hydrogens is 376 g/mol. The van der Waals surface area contributed by atoms with Gasteiger partial charge < -0.3 is 15.0 Å². The van der Waals surface area contributed by atoms with Crippen LogP contribution in [0.1, 0.15) is 56.4 Å². The molecular formula is C24H36N2O2Si. The first-order chi connectivity index (χ1) is 13.9. The summed E-state index contributed by atoms with van der Waals surface area (Å²) < 4.78 is 6.36. The van der Waals surface area contributed by atoms with Gasteiger partial charge in [0.1, 0.15) is 5.60 Å². The van der Waals surface area contributed by atoms with E-state index in [1.54, 1.807) is 0 Å². The number of hydrogen-bond donors (Lipinski definition) is 2. The number of benzene rings is 1. The maximum atomic E-state index is 13.1. The van der Waals surface area contributed by atoms with E-state index in [9.17, 15) is 4.79 Å². The number of carbonyl (C=O) groups excluding carboxylic acids is 1. The minimum absolute atomic E-state index is 0.144. The van der Waals surface area contributed by atoms with E-state index < -0.39 is 13.7 Å². The monoisotopic (exact) mass is 412 g/mol. The standard InChI is InChI=1S/C24H36N2O2Si/c1-5-17-9-7-11-19-20-12-13-28-24(6-2,23(20)26-22(17)19)15-21(27)25-18-10-8-14-29(3,4)16-18/h7,9,11,18,26H,5-6,8,10,12-16H2,1-4H3,(H,25,27). The SMILES string of the molecule is CCc1cccc2c3c([nH]c12)C(CC)(CC(=O)NC1CCC[Si](C)(C)C1)OCC3. The van der Waals surface area contributed by atoms with Crippen LogP contribution in [0.25, 0.3) is 10.9 Å². The van der Waals surface area contributed by atoms with E-state index in [-0.39, 0.29) is 5.91 Å². The number of para-hydroxylation sites is 1. The van der Waals surface area contributed by atoms with Crippen LogP contribution in [0.2, 0.25) is 25.2 Å². The molecule has 4 nitrogen and oxygen atoms in total. The highest BCUT2D eigenvalue weighted by Crippen LogP contribution is 2.42. The summed E-state index contributed by atoms with van der Waals surface area (Å²) in [5.41, 5.74) is 4.51. The number of amides is 1. The molecule has 2 unspecified atom stereocenters. The average Bonchev–Trinajstić information content (AvgIpc) is 3.07. The minimum Gasteiger partial charge on any atom is -0.368 e. The second-order valence-electron chi connectivity index (χ2n) is 9.82. The number of aromatic amines is 1. The summed E-state index contributed by atoms with van der Waals surface area (Å²) in [6, 6.07) is 9.50. The quantitative estimate of drug-likeness (QED) is 0.656. The number of H-pyrrole nitrogens is 1. The molecule has 0 bridgehead atoms. The van der Waals surface area contributed by atoms with Crippen LogP contribution in [0.4, 0.5) is 0 Å². The molecule has 0 aliphatic carbocycles. The largest absolute Gasteiger partial charge is 0.368 e. The highest BCUT2D eigenvalue weighted by Gasteiger charge is 2.41. The van der Waals surface area contributed by atoms with Gasteiger partial charge in [-0.3, -0.25) is 4.79 Å². The lowest BCUT2D eigenvalue weighted by Crippen LogP contribution is -2.47. The Labute approximate surface area is 175 Å². The molecule has 2 aliphatic rings. The van der Waals surface area contributed by atoms with Crippen molar-refractivity contribution in [1.29, 1.82) is 0 Å². The van der Waals surface area contributed by atoms with Crippen LogP contribution in [0.3, 0.4) is 0 Å². The van der Waals surface area contributed by atoms with E-state index in [1.165, 1.54) is 40.5 Å². The normalized spacial score (nSPS) is 26.3. The Kier molecular flexibility index (Phi) is 5.64. The lowest BCUT2D eigenvalue weighted by Gasteiger charge is -2.38. The van der Waals surface area contributed by atoms with Gasteiger partial charge >= 0.3 is 0 Å². The molecule has 5 heteroatoms. The number of aromatic nitrogens is 1. The van der Waals surface area contributed by atoms with Gasteiger partial charge in [-0.15, -0.1) is 0 Å². The zero-order chi connectivity index (χ0) is 20.6. The summed E-state index contributed by atoms with van der Waals surface area (Å²) in [4.78, 5) is 16.8. The first-order valence-corrected chi connectivity index (χ1v) is 14.8. The Morgan fingerprint density at radius 3 is 2.90 bits per heavy atom. The lowest BCUT2D eigenvalue weighted by atomic mass is 9.85. The fraction of sp³-hybridized carbons (Fsp3) is 0.625. The number of hydrogen-bond acceptors (Lipinski definition) is 2. The van der Waals surface area contributed by atoms with E-state index >= 15 is 0 Å². The van der Waals surface area contributed by atoms with Gasteiger partial charge in [0.2, 0.25) is 5.91 Å². The van der Waals surface area contributed by atoms with Crippen molar-refractivity contribution in [3.63, 3.8) is 0 Å². The molecule has 158 valence electrons. The van der Waals surface area contributed by atoms with Crippen molar-refractivity contribution in [2.45, 2.75) is 89.2 Å². The fourth-order valence-corrected chi connectivity index (χ4v) is 8.61. The first-order valence-electron chi connectivity index (χ1n) is 11.4. The number of fused-ring (bicyclic) bond motifs is 3. The van der Waals surface area contributed by atoms with Crippen LogP contribution in [0.15, 0.2) is 18.2 Å². The predicted molar refractivity (Wildman–Crippen MR) is 122 cm³/mol. The second kappa shape index (κ2) is 7.92. The number of ether oxygens (including phenoxy) is 1. The van der Waals surface area contributed by atoms with Gasteiger partial charge in [-0.25, -0.2) is 0 Å². The van der Waals surface area contributed by atoms with Crippen LogP contribution in [0.5, 0.6) is 0 Å². The van der Waals surface area contributed by atoms with Gasteiger partial charge in [0, 0.05) is 25.0 Å². The molecule has 3 heterocycles. The van der Waals surface area contributed by atoms with Crippen molar-refractivity contribution in [1.82, 2.24) is 10.3 Å². The van der Waals surface area contributed by atoms with Crippen LogP contribution in [-0.4, -0.2) is 31.6 Å². The predicted octanol–water partition coefficient (Wildman–Crippen LogP) is 5.29. The molecule has 0 saturated carbocycles. The summed E-state index contributed by atoms with van der Waals surface area (Å²) in [6.45, 7) is 9.92.